The van der Waals surface area contributed by atoms with Crippen molar-refractivity contribution in [1.29, 1.82) is 0 Å². The molecule has 4 nitrogen and oxygen atoms in total. The molecule has 0 atom stereocenters. The predicted octanol–water partition coefficient (Wildman–Crippen LogP) is 4.75. The lowest BCUT2D eigenvalue weighted by Gasteiger charge is -2.06. The molecular formula is C17H14Cl2N2O2. The van der Waals surface area contributed by atoms with Gasteiger partial charge in [0.25, 0.3) is 0 Å². The van der Waals surface area contributed by atoms with Crippen molar-refractivity contribution >= 4 is 23.2 Å². The van der Waals surface area contributed by atoms with Gasteiger partial charge in [-0.05, 0) is 29.8 Å². The number of hydrogen-bond donors (Lipinski definition) is 1. The molecule has 0 radical (unpaired) electrons. The molecule has 1 N–H and O–H groups in total. The lowest BCUT2D eigenvalue weighted by atomic mass is 10.2. The Morgan fingerprint density at radius 2 is 1.48 bits per heavy atom. The molecule has 3 rings (SSSR count). The van der Waals surface area contributed by atoms with Crippen LogP contribution in [-0.4, -0.2) is 15.1 Å². The molecule has 1 aromatic carbocycles. The predicted molar refractivity (Wildman–Crippen MR) is 90.9 cm³/mol. The molecule has 2 aromatic heterocycles. The van der Waals surface area contributed by atoms with E-state index in [4.69, 9.17) is 33.0 Å². The van der Waals surface area contributed by atoms with Crippen molar-refractivity contribution in [3.63, 3.8) is 0 Å². The first-order chi connectivity index (χ1) is 11.2. The molecule has 118 valence electrons. The fraction of sp³-hybridized carbons (Fsp3) is 0.0588. The van der Waals surface area contributed by atoms with E-state index in [1.54, 1.807) is 24.4 Å². The third kappa shape index (κ3) is 5.77. The summed E-state index contributed by atoms with van der Waals surface area (Å²) in [5.74, 6) is 0.636. The summed E-state index contributed by atoms with van der Waals surface area (Å²) in [6.07, 6.45) is 3.15. The number of aromatic hydroxyl groups is 1. The van der Waals surface area contributed by atoms with E-state index in [-0.39, 0.29) is 10.9 Å². The van der Waals surface area contributed by atoms with Gasteiger partial charge in [0, 0.05) is 12.4 Å². The molecule has 0 spiro atoms. The van der Waals surface area contributed by atoms with Crippen LogP contribution in [0.1, 0.15) is 5.56 Å². The van der Waals surface area contributed by atoms with Crippen LogP contribution in [0.2, 0.25) is 10.3 Å². The van der Waals surface area contributed by atoms with Crippen LogP contribution in [-0.2, 0) is 6.61 Å². The summed E-state index contributed by atoms with van der Waals surface area (Å²) < 4.78 is 5.53. The second kappa shape index (κ2) is 8.98. The van der Waals surface area contributed by atoms with Gasteiger partial charge in [-0.3, -0.25) is 0 Å². The Labute approximate surface area is 144 Å². The number of aromatic nitrogens is 2. The lowest BCUT2D eigenvalue weighted by Crippen LogP contribution is -1.95. The minimum atomic E-state index is 0.0224. The van der Waals surface area contributed by atoms with Crippen molar-refractivity contribution in [2.24, 2.45) is 0 Å². The van der Waals surface area contributed by atoms with Crippen LogP contribution in [0.4, 0.5) is 0 Å². The van der Waals surface area contributed by atoms with Crippen molar-refractivity contribution in [2.45, 2.75) is 6.61 Å². The Morgan fingerprint density at radius 3 is 2.04 bits per heavy atom. The summed E-state index contributed by atoms with van der Waals surface area (Å²) in [5.41, 5.74) is 1.11. The van der Waals surface area contributed by atoms with Gasteiger partial charge < -0.3 is 9.84 Å². The monoisotopic (exact) mass is 348 g/mol. The van der Waals surface area contributed by atoms with E-state index in [0.717, 1.165) is 5.56 Å². The zero-order valence-electron chi connectivity index (χ0n) is 12.1. The van der Waals surface area contributed by atoms with Crippen molar-refractivity contribution in [1.82, 2.24) is 9.97 Å². The first kappa shape index (κ1) is 17.1. The first-order valence-electron chi connectivity index (χ1n) is 6.73. The Bertz CT molecular complexity index is 718. The molecule has 0 aliphatic carbocycles. The molecule has 23 heavy (non-hydrogen) atoms. The average molecular weight is 349 g/mol. The van der Waals surface area contributed by atoms with Crippen LogP contribution < -0.4 is 4.74 Å². The molecule has 0 unspecified atom stereocenters. The minimum absolute atomic E-state index is 0.0224. The Morgan fingerprint density at radius 1 is 0.826 bits per heavy atom. The molecular weight excluding hydrogens is 335 g/mol. The molecule has 6 heteroatoms. The quantitative estimate of drug-likeness (QED) is 0.693. The highest BCUT2D eigenvalue weighted by Gasteiger charge is 2.00. The van der Waals surface area contributed by atoms with E-state index >= 15 is 0 Å². The zero-order chi connectivity index (χ0) is 16.5. The van der Waals surface area contributed by atoms with Gasteiger partial charge in [-0.2, -0.15) is 0 Å². The molecule has 0 aliphatic rings. The second-order valence-electron chi connectivity index (χ2n) is 4.38. The van der Waals surface area contributed by atoms with Crippen molar-refractivity contribution in [3.8, 4) is 11.5 Å². The summed E-state index contributed by atoms with van der Waals surface area (Å²) in [7, 11) is 0. The normalized spacial score (nSPS) is 9.65. The number of hydrogen-bond acceptors (Lipinski definition) is 4. The maximum atomic E-state index is 8.72. The summed E-state index contributed by atoms with van der Waals surface area (Å²) in [4.78, 5) is 7.53. The van der Waals surface area contributed by atoms with Crippen LogP contribution in [0.5, 0.6) is 11.5 Å². The molecule has 0 fully saturated rings. The van der Waals surface area contributed by atoms with Crippen LogP contribution in [0.25, 0.3) is 0 Å². The molecule has 3 aromatic rings. The highest BCUT2D eigenvalue weighted by molar-refractivity contribution is 6.31. The Kier molecular flexibility index (Phi) is 6.66. The summed E-state index contributed by atoms with van der Waals surface area (Å²) in [6, 6.07) is 16.6. The standard InChI is InChI=1S/C12H10ClNO.C5H4ClNO/c13-12-11(7-4-8-14-12)15-9-10-5-2-1-3-6-10;6-5-4(8)2-1-3-7-5/h1-8H,9H2;1-3,8H. The highest BCUT2D eigenvalue weighted by Crippen LogP contribution is 2.21. The largest absolute Gasteiger partial charge is 0.505 e. The Hall–Kier alpha value is -2.30. The third-order valence-electron chi connectivity index (χ3n) is 2.70. The molecule has 0 amide bonds. The zero-order valence-corrected chi connectivity index (χ0v) is 13.6. The number of benzene rings is 1. The van der Waals surface area contributed by atoms with Crippen molar-refractivity contribution in [3.05, 3.63) is 82.9 Å². The summed E-state index contributed by atoms with van der Waals surface area (Å²) >= 11 is 11.2. The SMILES string of the molecule is Clc1ncccc1OCc1ccccc1.Oc1cccnc1Cl. The topological polar surface area (TPSA) is 55.2 Å². The van der Waals surface area contributed by atoms with Gasteiger partial charge in [0.1, 0.15) is 6.61 Å². The van der Waals surface area contributed by atoms with E-state index in [1.165, 1.54) is 12.3 Å². The minimum Gasteiger partial charge on any atom is -0.505 e. The second-order valence-corrected chi connectivity index (χ2v) is 5.10. The maximum Gasteiger partial charge on any atom is 0.171 e. The number of rotatable bonds is 3. The van der Waals surface area contributed by atoms with Crippen LogP contribution in [0.3, 0.4) is 0 Å². The van der Waals surface area contributed by atoms with Gasteiger partial charge in [-0.25, -0.2) is 9.97 Å². The fourth-order valence-electron chi connectivity index (χ4n) is 1.59. The van der Waals surface area contributed by atoms with Gasteiger partial charge in [-0.15, -0.1) is 0 Å². The molecule has 0 saturated carbocycles. The van der Waals surface area contributed by atoms with Gasteiger partial charge in [0.2, 0.25) is 0 Å². The molecule has 0 saturated heterocycles. The fourth-order valence-corrected chi connectivity index (χ4v) is 1.89. The first-order valence-corrected chi connectivity index (χ1v) is 7.49. The van der Waals surface area contributed by atoms with E-state index in [9.17, 15) is 0 Å². The van der Waals surface area contributed by atoms with Crippen LogP contribution in [0, 0.1) is 0 Å². The molecule has 2 heterocycles. The van der Waals surface area contributed by atoms with Gasteiger partial charge in [0.05, 0.1) is 0 Å². The number of ether oxygens (including phenoxy) is 1. The molecule has 0 bridgehead atoms. The van der Waals surface area contributed by atoms with Gasteiger partial charge in [0.15, 0.2) is 21.8 Å². The molecule has 0 aliphatic heterocycles. The van der Waals surface area contributed by atoms with Crippen LogP contribution in [0.15, 0.2) is 67.0 Å². The van der Waals surface area contributed by atoms with Crippen molar-refractivity contribution < 1.29 is 9.84 Å². The Balaban J connectivity index is 0.000000203. The van der Waals surface area contributed by atoms with E-state index in [1.807, 2.05) is 30.3 Å². The van der Waals surface area contributed by atoms with E-state index in [0.29, 0.717) is 17.5 Å². The summed E-state index contributed by atoms with van der Waals surface area (Å²) in [5, 5.41) is 9.27. The van der Waals surface area contributed by atoms with Gasteiger partial charge >= 0.3 is 0 Å². The highest BCUT2D eigenvalue weighted by atomic mass is 35.5. The summed E-state index contributed by atoms with van der Waals surface area (Å²) in [6.45, 7) is 0.506. The number of pyridine rings is 2. The maximum absolute atomic E-state index is 8.72. The number of halogens is 2. The average Bonchev–Trinajstić information content (AvgIpc) is 2.58. The third-order valence-corrected chi connectivity index (χ3v) is 3.28. The van der Waals surface area contributed by atoms with E-state index in [2.05, 4.69) is 9.97 Å². The van der Waals surface area contributed by atoms with E-state index < -0.39 is 0 Å². The lowest BCUT2D eigenvalue weighted by molar-refractivity contribution is 0.305. The van der Waals surface area contributed by atoms with Gasteiger partial charge in [-0.1, -0.05) is 53.5 Å². The number of nitrogens with zero attached hydrogens (tertiary/aromatic N) is 2. The van der Waals surface area contributed by atoms with Crippen molar-refractivity contribution in [2.75, 3.05) is 0 Å². The smallest absolute Gasteiger partial charge is 0.171 e. The van der Waals surface area contributed by atoms with Crippen LogP contribution >= 0.6 is 23.2 Å².